The number of rotatable bonds is 7. The Hall–Kier alpha value is -2.51. The molecule has 8 heteroatoms. The van der Waals surface area contributed by atoms with Crippen LogP contribution in [0.25, 0.3) is 0 Å². The van der Waals surface area contributed by atoms with Gasteiger partial charge in [-0.05, 0) is 43.2 Å². The highest BCUT2D eigenvalue weighted by molar-refractivity contribution is 8.00. The van der Waals surface area contributed by atoms with Gasteiger partial charge in [-0.3, -0.25) is 4.79 Å². The summed E-state index contributed by atoms with van der Waals surface area (Å²) in [7, 11) is 0. The van der Waals surface area contributed by atoms with Crippen molar-refractivity contribution in [3.05, 3.63) is 64.6 Å². The lowest BCUT2D eigenvalue weighted by molar-refractivity contribution is -0.115. The molecule has 0 aliphatic rings. The highest BCUT2D eigenvalue weighted by Gasteiger charge is 2.21. The number of aromatic amines is 1. The third-order valence-electron chi connectivity index (χ3n) is 4.17. The van der Waals surface area contributed by atoms with E-state index < -0.39 is 0 Å². The molecule has 0 radical (unpaired) electrons. The van der Waals surface area contributed by atoms with Crippen LogP contribution in [-0.2, 0) is 11.2 Å². The summed E-state index contributed by atoms with van der Waals surface area (Å²) in [4.78, 5) is 24.6. The molecule has 0 fully saturated rings. The first kappa shape index (κ1) is 20.2. The van der Waals surface area contributed by atoms with E-state index in [1.807, 2.05) is 26.0 Å². The van der Waals surface area contributed by atoms with Crippen molar-refractivity contribution in [3.8, 4) is 5.75 Å². The van der Waals surface area contributed by atoms with Crippen LogP contribution in [0.4, 0.5) is 5.82 Å². The van der Waals surface area contributed by atoms with Crippen molar-refractivity contribution in [1.29, 1.82) is 0 Å². The number of carbonyl (C=O) groups is 1. The molecular formula is C20H21ClN4O2S. The van der Waals surface area contributed by atoms with Gasteiger partial charge in [-0.25, -0.2) is 9.97 Å². The van der Waals surface area contributed by atoms with E-state index in [2.05, 4.69) is 20.3 Å². The highest BCUT2D eigenvalue weighted by atomic mass is 35.5. The Morgan fingerprint density at radius 3 is 2.68 bits per heavy atom. The SMILES string of the molecule is CCC(Sc1nc(Cc2ccc(O)cc2)c(C)[nH]1)C(=O)Nc1ccc(Cl)cn1. The maximum Gasteiger partial charge on any atom is 0.239 e. The minimum Gasteiger partial charge on any atom is -0.508 e. The van der Waals surface area contributed by atoms with Crippen molar-refractivity contribution in [2.24, 2.45) is 0 Å². The molecule has 1 atom stereocenters. The predicted octanol–water partition coefficient (Wildman–Crippen LogP) is 4.57. The molecule has 146 valence electrons. The van der Waals surface area contributed by atoms with Crippen LogP contribution in [0.15, 0.2) is 47.8 Å². The number of imidazole rings is 1. The van der Waals surface area contributed by atoms with Crippen LogP contribution in [0.5, 0.6) is 5.75 Å². The monoisotopic (exact) mass is 416 g/mol. The van der Waals surface area contributed by atoms with Gasteiger partial charge in [0, 0.05) is 18.3 Å². The number of aromatic nitrogens is 3. The van der Waals surface area contributed by atoms with Crippen LogP contribution in [-0.4, -0.2) is 31.2 Å². The molecule has 0 aliphatic heterocycles. The molecule has 0 aliphatic carbocycles. The second-order valence-corrected chi connectivity index (χ2v) is 7.95. The third-order valence-corrected chi connectivity index (χ3v) is 5.64. The number of aromatic hydroxyl groups is 1. The number of nitrogens with one attached hydrogen (secondary N) is 2. The second-order valence-electron chi connectivity index (χ2n) is 6.32. The summed E-state index contributed by atoms with van der Waals surface area (Å²) >= 11 is 7.22. The minimum absolute atomic E-state index is 0.128. The van der Waals surface area contributed by atoms with E-state index in [0.29, 0.717) is 28.8 Å². The van der Waals surface area contributed by atoms with Gasteiger partial charge >= 0.3 is 0 Å². The van der Waals surface area contributed by atoms with Gasteiger partial charge < -0.3 is 15.4 Å². The van der Waals surface area contributed by atoms with Crippen LogP contribution in [0, 0.1) is 6.92 Å². The third kappa shape index (κ3) is 5.27. The number of amides is 1. The fraction of sp³-hybridized carbons (Fsp3) is 0.250. The number of anilines is 1. The quantitative estimate of drug-likeness (QED) is 0.490. The average Bonchev–Trinajstić information content (AvgIpc) is 3.02. The normalized spacial score (nSPS) is 12.0. The molecule has 28 heavy (non-hydrogen) atoms. The van der Waals surface area contributed by atoms with Crippen molar-refractivity contribution in [1.82, 2.24) is 15.0 Å². The van der Waals surface area contributed by atoms with Gasteiger partial charge in [0.2, 0.25) is 5.91 Å². The molecule has 1 aromatic carbocycles. The zero-order chi connectivity index (χ0) is 20.1. The van der Waals surface area contributed by atoms with Gasteiger partial charge in [-0.1, -0.05) is 42.4 Å². The molecule has 1 amide bonds. The topological polar surface area (TPSA) is 90.9 Å². The number of phenols is 1. The molecule has 2 aromatic heterocycles. The standard InChI is InChI=1S/C20H21ClN4O2S/c1-3-17(19(27)25-18-9-6-14(21)11-22-18)28-20-23-12(2)16(24-20)10-13-4-7-15(26)8-5-13/h4-9,11,17,26H,3,10H2,1-2H3,(H,23,24)(H,22,25,27). The number of thioether (sulfide) groups is 1. The van der Waals surface area contributed by atoms with E-state index >= 15 is 0 Å². The molecule has 1 unspecified atom stereocenters. The van der Waals surface area contributed by atoms with E-state index in [1.165, 1.54) is 18.0 Å². The Morgan fingerprint density at radius 1 is 1.29 bits per heavy atom. The number of halogens is 1. The number of hydrogen-bond donors (Lipinski definition) is 3. The number of H-pyrrole nitrogens is 1. The van der Waals surface area contributed by atoms with Gasteiger partial charge in [-0.15, -0.1) is 0 Å². The summed E-state index contributed by atoms with van der Waals surface area (Å²) in [5.74, 6) is 0.583. The number of aryl methyl sites for hydroxylation is 1. The van der Waals surface area contributed by atoms with Gasteiger partial charge in [0.05, 0.1) is 16.0 Å². The first-order chi connectivity index (χ1) is 13.4. The Morgan fingerprint density at radius 2 is 2.04 bits per heavy atom. The van der Waals surface area contributed by atoms with E-state index in [4.69, 9.17) is 11.6 Å². The Labute approximate surface area is 172 Å². The van der Waals surface area contributed by atoms with Crippen LogP contribution >= 0.6 is 23.4 Å². The summed E-state index contributed by atoms with van der Waals surface area (Å²) in [5.41, 5.74) is 2.94. The van der Waals surface area contributed by atoms with Gasteiger partial charge in [0.1, 0.15) is 11.6 Å². The number of hydrogen-bond acceptors (Lipinski definition) is 5. The Kier molecular flexibility index (Phi) is 6.59. The second kappa shape index (κ2) is 9.12. The molecule has 0 saturated carbocycles. The van der Waals surface area contributed by atoms with Gasteiger partial charge in [-0.2, -0.15) is 0 Å². The van der Waals surface area contributed by atoms with E-state index in [1.54, 1.807) is 24.3 Å². The molecule has 2 heterocycles. The van der Waals surface area contributed by atoms with Crippen molar-refractivity contribution < 1.29 is 9.90 Å². The maximum atomic E-state index is 12.6. The lowest BCUT2D eigenvalue weighted by Gasteiger charge is -2.12. The van der Waals surface area contributed by atoms with Gasteiger partial charge in [0.25, 0.3) is 0 Å². The van der Waals surface area contributed by atoms with Crippen LogP contribution in [0.3, 0.4) is 0 Å². The van der Waals surface area contributed by atoms with Crippen molar-refractivity contribution in [2.45, 2.75) is 37.1 Å². The van der Waals surface area contributed by atoms with Crippen molar-refractivity contribution >= 4 is 35.1 Å². The lowest BCUT2D eigenvalue weighted by Crippen LogP contribution is -2.25. The summed E-state index contributed by atoms with van der Waals surface area (Å²) in [6.45, 7) is 3.92. The molecule has 0 spiro atoms. The molecule has 3 rings (SSSR count). The summed E-state index contributed by atoms with van der Waals surface area (Å²) < 4.78 is 0. The van der Waals surface area contributed by atoms with E-state index in [0.717, 1.165) is 17.0 Å². The largest absolute Gasteiger partial charge is 0.508 e. The summed E-state index contributed by atoms with van der Waals surface area (Å²) in [6, 6.07) is 10.4. The molecule has 0 saturated heterocycles. The smallest absolute Gasteiger partial charge is 0.239 e. The number of benzene rings is 1. The molecule has 6 nitrogen and oxygen atoms in total. The Bertz CT molecular complexity index is 942. The molecule has 3 N–H and O–H groups in total. The summed E-state index contributed by atoms with van der Waals surface area (Å²) in [6.07, 6.45) is 2.80. The first-order valence-corrected chi connectivity index (χ1v) is 10.1. The number of carbonyl (C=O) groups excluding carboxylic acids is 1. The predicted molar refractivity (Wildman–Crippen MR) is 112 cm³/mol. The zero-order valence-corrected chi connectivity index (χ0v) is 17.1. The van der Waals surface area contributed by atoms with Crippen molar-refractivity contribution in [2.75, 3.05) is 5.32 Å². The zero-order valence-electron chi connectivity index (χ0n) is 15.6. The number of nitrogens with zero attached hydrogens (tertiary/aromatic N) is 2. The van der Waals surface area contributed by atoms with Crippen LogP contribution in [0.1, 0.15) is 30.3 Å². The van der Waals surface area contributed by atoms with Crippen LogP contribution < -0.4 is 5.32 Å². The molecular weight excluding hydrogens is 396 g/mol. The highest BCUT2D eigenvalue weighted by Crippen LogP contribution is 2.26. The number of phenolic OH excluding ortho intramolecular Hbond substituents is 1. The van der Waals surface area contributed by atoms with Gasteiger partial charge in [0.15, 0.2) is 5.16 Å². The first-order valence-electron chi connectivity index (χ1n) is 8.87. The minimum atomic E-state index is -0.301. The number of pyridine rings is 1. The fourth-order valence-corrected chi connectivity index (χ4v) is 3.70. The van der Waals surface area contributed by atoms with Crippen molar-refractivity contribution in [3.63, 3.8) is 0 Å². The van der Waals surface area contributed by atoms with E-state index in [-0.39, 0.29) is 16.9 Å². The fourth-order valence-electron chi connectivity index (χ4n) is 2.62. The summed E-state index contributed by atoms with van der Waals surface area (Å²) in [5, 5.41) is 13.1. The molecule has 0 bridgehead atoms. The lowest BCUT2D eigenvalue weighted by atomic mass is 10.1. The average molecular weight is 417 g/mol. The van der Waals surface area contributed by atoms with E-state index in [9.17, 15) is 9.90 Å². The Balaban J connectivity index is 1.66. The van der Waals surface area contributed by atoms with Crippen LogP contribution in [0.2, 0.25) is 5.02 Å². The maximum absolute atomic E-state index is 12.6. The molecule has 3 aromatic rings.